The van der Waals surface area contributed by atoms with Crippen molar-refractivity contribution in [2.45, 2.75) is 6.61 Å². The van der Waals surface area contributed by atoms with Gasteiger partial charge in [0, 0.05) is 5.56 Å². The van der Waals surface area contributed by atoms with E-state index in [0.717, 1.165) is 16.0 Å². The van der Waals surface area contributed by atoms with Gasteiger partial charge in [0.05, 0.1) is 4.88 Å². The Morgan fingerprint density at radius 3 is 2.47 bits per heavy atom. The van der Waals surface area contributed by atoms with E-state index in [1.807, 2.05) is 60.0 Å². The highest BCUT2D eigenvalue weighted by molar-refractivity contribution is 7.13. The van der Waals surface area contributed by atoms with E-state index in [1.54, 1.807) is 12.1 Å². The van der Waals surface area contributed by atoms with Crippen molar-refractivity contribution in [3.05, 3.63) is 83.6 Å². The first kappa shape index (κ1) is 19.5. The molecule has 0 bridgehead atoms. The zero-order valence-corrected chi connectivity index (χ0v) is 16.6. The molecule has 7 nitrogen and oxygen atoms in total. The molecule has 4 aromatic rings. The van der Waals surface area contributed by atoms with E-state index in [1.165, 1.54) is 11.3 Å². The first-order valence-corrected chi connectivity index (χ1v) is 10.0. The van der Waals surface area contributed by atoms with Gasteiger partial charge in [-0.05, 0) is 34.7 Å². The van der Waals surface area contributed by atoms with E-state index in [2.05, 4.69) is 15.5 Å². The molecule has 0 saturated carbocycles. The second-order valence-corrected chi connectivity index (χ2v) is 7.22. The highest BCUT2D eigenvalue weighted by Gasteiger charge is 2.13. The predicted molar refractivity (Wildman–Crippen MR) is 112 cm³/mol. The summed E-state index contributed by atoms with van der Waals surface area (Å²) in [5, 5.41) is 8.29. The minimum absolute atomic E-state index is 0.154. The van der Waals surface area contributed by atoms with Crippen molar-refractivity contribution in [2.75, 3.05) is 6.54 Å². The van der Waals surface area contributed by atoms with E-state index >= 15 is 0 Å². The van der Waals surface area contributed by atoms with E-state index in [0.29, 0.717) is 11.4 Å². The Morgan fingerprint density at radius 2 is 1.73 bits per heavy atom. The van der Waals surface area contributed by atoms with E-state index in [-0.39, 0.29) is 24.9 Å². The molecule has 8 heteroatoms. The molecule has 0 atom stereocenters. The fraction of sp³-hybridized carbons (Fsp3) is 0.0909. The Bertz CT molecular complexity index is 1120. The smallest absolute Gasteiger partial charge is 0.325 e. The molecule has 150 valence electrons. The molecule has 2 heterocycles. The van der Waals surface area contributed by atoms with Crippen LogP contribution in [0.2, 0.25) is 0 Å². The third kappa shape index (κ3) is 4.79. The molecule has 0 unspecified atom stereocenters. The fourth-order valence-electron chi connectivity index (χ4n) is 2.71. The number of ether oxygens (including phenoxy) is 1. The van der Waals surface area contributed by atoms with Crippen LogP contribution in [0.3, 0.4) is 0 Å². The molecule has 30 heavy (non-hydrogen) atoms. The van der Waals surface area contributed by atoms with Gasteiger partial charge in [-0.25, -0.2) is 0 Å². The van der Waals surface area contributed by atoms with Crippen LogP contribution < -0.4 is 5.32 Å². The molecule has 2 aromatic carbocycles. The predicted octanol–water partition coefficient (Wildman–Crippen LogP) is 3.94. The van der Waals surface area contributed by atoms with Crippen LogP contribution in [0.15, 0.2) is 76.6 Å². The Balaban J connectivity index is 1.25. The maximum absolute atomic E-state index is 12.2. The normalized spacial score (nSPS) is 10.5. The van der Waals surface area contributed by atoms with Crippen molar-refractivity contribution in [3.8, 4) is 21.8 Å². The monoisotopic (exact) mass is 419 g/mol. The minimum Gasteiger partial charge on any atom is -0.454 e. The molecule has 2 aromatic heterocycles. The zero-order valence-electron chi connectivity index (χ0n) is 15.8. The number of hydrogen-bond acceptors (Lipinski definition) is 7. The van der Waals surface area contributed by atoms with Crippen LogP contribution in [0.5, 0.6) is 0 Å². The van der Waals surface area contributed by atoms with Crippen molar-refractivity contribution in [1.29, 1.82) is 0 Å². The Hall–Kier alpha value is -3.78. The van der Waals surface area contributed by atoms with Crippen LogP contribution in [0.25, 0.3) is 21.8 Å². The molecule has 1 N–H and O–H groups in total. The zero-order chi connectivity index (χ0) is 20.8. The molecule has 1 amide bonds. The SMILES string of the molecule is O=C(CNC(=O)c1ccc(-c2ccccc2)cc1)OCc1nc(-c2cccs2)no1. The van der Waals surface area contributed by atoms with Gasteiger partial charge in [-0.1, -0.05) is 53.7 Å². The molecule has 4 rings (SSSR count). The third-order valence-corrected chi connectivity index (χ3v) is 5.08. The van der Waals surface area contributed by atoms with Gasteiger partial charge in [-0.15, -0.1) is 11.3 Å². The van der Waals surface area contributed by atoms with Gasteiger partial charge in [-0.2, -0.15) is 4.98 Å². The first-order chi connectivity index (χ1) is 14.7. The molecule has 0 saturated heterocycles. The van der Waals surface area contributed by atoms with Crippen molar-refractivity contribution < 1.29 is 18.8 Å². The van der Waals surface area contributed by atoms with Crippen LogP contribution in [0.1, 0.15) is 16.2 Å². The summed E-state index contributed by atoms with van der Waals surface area (Å²) in [6.07, 6.45) is 0. The van der Waals surface area contributed by atoms with E-state index in [4.69, 9.17) is 9.26 Å². The number of nitrogens with zero attached hydrogens (tertiary/aromatic N) is 2. The molecular formula is C22H17N3O4S. The van der Waals surface area contributed by atoms with Crippen LogP contribution in [0.4, 0.5) is 0 Å². The quantitative estimate of drug-likeness (QED) is 0.456. The number of esters is 1. The summed E-state index contributed by atoms with van der Waals surface area (Å²) in [6.45, 7) is -0.413. The number of amides is 1. The highest BCUT2D eigenvalue weighted by Crippen LogP contribution is 2.21. The van der Waals surface area contributed by atoms with Gasteiger partial charge in [-0.3, -0.25) is 9.59 Å². The van der Waals surface area contributed by atoms with Crippen molar-refractivity contribution in [1.82, 2.24) is 15.5 Å². The van der Waals surface area contributed by atoms with Crippen LogP contribution >= 0.6 is 11.3 Å². The second-order valence-electron chi connectivity index (χ2n) is 6.28. The lowest BCUT2D eigenvalue weighted by atomic mass is 10.0. The van der Waals surface area contributed by atoms with Crippen LogP contribution in [-0.2, 0) is 16.1 Å². The minimum atomic E-state index is -0.597. The summed E-state index contributed by atoms with van der Waals surface area (Å²) in [5.41, 5.74) is 2.53. The number of aromatic nitrogens is 2. The third-order valence-electron chi connectivity index (χ3n) is 4.21. The summed E-state index contributed by atoms with van der Waals surface area (Å²) < 4.78 is 10.1. The van der Waals surface area contributed by atoms with Crippen molar-refractivity contribution in [3.63, 3.8) is 0 Å². The summed E-state index contributed by atoms with van der Waals surface area (Å²) in [7, 11) is 0. The standard InChI is InChI=1S/C22H17N3O4S/c26-20(28-14-19-24-21(25-29-19)18-7-4-12-30-18)13-23-22(27)17-10-8-16(9-11-17)15-5-2-1-3-6-15/h1-12H,13-14H2,(H,23,27). The number of carbonyl (C=O) groups excluding carboxylic acids is 2. The number of carbonyl (C=O) groups is 2. The molecular weight excluding hydrogens is 402 g/mol. The molecule has 0 aliphatic rings. The lowest BCUT2D eigenvalue weighted by Gasteiger charge is -2.06. The fourth-order valence-corrected chi connectivity index (χ4v) is 3.36. The second kappa shape index (κ2) is 9.15. The molecule has 0 radical (unpaired) electrons. The molecule has 0 spiro atoms. The van der Waals surface area contributed by atoms with Gasteiger partial charge in [0.15, 0.2) is 6.61 Å². The molecule has 0 fully saturated rings. The van der Waals surface area contributed by atoms with E-state index in [9.17, 15) is 9.59 Å². The lowest BCUT2D eigenvalue weighted by molar-refractivity contribution is -0.144. The average molecular weight is 419 g/mol. The van der Waals surface area contributed by atoms with Crippen molar-refractivity contribution >= 4 is 23.2 Å². The lowest BCUT2D eigenvalue weighted by Crippen LogP contribution is -2.30. The van der Waals surface area contributed by atoms with Gasteiger partial charge in [0.2, 0.25) is 5.82 Å². The Morgan fingerprint density at radius 1 is 0.967 bits per heavy atom. The van der Waals surface area contributed by atoms with Gasteiger partial charge in [0.25, 0.3) is 11.8 Å². The number of thiophene rings is 1. The Labute approximate surface area is 176 Å². The van der Waals surface area contributed by atoms with Crippen LogP contribution in [-0.4, -0.2) is 28.6 Å². The number of rotatable bonds is 7. The number of benzene rings is 2. The average Bonchev–Trinajstić information content (AvgIpc) is 3.49. The van der Waals surface area contributed by atoms with Crippen molar-refractivity contribution in [2.24, 2.45) is 0 Å². The summed E-state index contributed by atoms with van der Waals surface area (Å²) in [4.78, 5) is 29.2. The summed E-state index contributed by atoms with van der Waals surface area (Å²) in [6, 6.07) is 20.8. The highest BCUT2D eigenvalue weighted by atomic mass is 32.1. The molecule has 0 aliphatic heterocycles. The van der Waals surface area contributed by atoms with Crippen LogP contribution in [0, 0.1) is 0 Å². The summed E-state index contributed by atoms with van der Waals surface area (Å²) >= 11 is 1.48. The first-order valence-electron chi connectivity index (χ1n) is 9.15. The largest absolute Gasteiger partial charge is 0.454 e. The summed E-state index contributed by atoms with van der Waals surface area (Å²) in [5.74, 6) is -0.317. The number of nitrogens with one attached hydrogen (secondary N) is 1. The maximum atomic E-state index is 12.2. The topological polar surface area (TPSA) is 94.3 Å². The van der Waals surface area contributed by atoms with Gasteiger partial charge >= 0.3 is 5.97 Å². The van der Waals surface area contributed by atoms with E-state index < -0.39 is 5.97 Å². The maximum Gasteiger partial charge on any atom is 0.325 e. The number of hydrogen-bond donors (Lipinski definition) is 1. The Kier molecular flexibility index (Phi) is 5.95. The van der Waals surface area contributed by atoms with Gasteiger partial charge in [0.1, 0.15) is 6.54 Å². The molecule has 0 aliphatic carbocycles. The van der Waals surface area contributed by atoms with Gasteiger partial charge < -0.3 is 14.6 Å².